The quantitative estimate of drug-likeness (QED) is 0.724. The minimum absolute atomic E-state index is 0.107. The molecule has 1 saturated heterocycles. The van der Waals surface area contributed by atoms with Gasteiger partial charge in [-0.15, -0.1) is 0 Å². The summed E-state index contributed by atoms with van der Waals surface area (Å²) < 4.78 is 32.0. The van der Waals surface area contributed by atoms with Gasteiger partial charge in [-0.05, 0) is 48.4 Å². The SMILES string of the molecule is COc1ccc(S(=O)(=O)N2CCN(C(=O)/C=C/c3ccccc3C)CC2)cc1. The summed E-state index contributed by atoms with van der Waals surface area (Å²) in [5.41, 5.74) is 2.10. The number of piperazine rings is 1. The van der Waals surface area contributed by atoms with Gasteiger partial charge in [-0.1, -0.05) is 24.3 Å². The van der Waals surface area contributed by atoms with E-state index in [4.69, 9.17) is 4.74 Å². The maximum absolute atomic E-state index is 12.8. The van der Waals surface area contributed by atoms with Gasteiger partial charge in [-0.25, -0.2) is 8.42 Å². The van der Waals surface area contributed by atoms with E-state index >= 15 is 0 Å². The Balaban J connectivity index is 1.61. The van der Waals surface area contributed by atoms with E-state index in [9.17, 15) is 13.2 Å². The van der Waals surface area contributed by atoms with Crippen molar-refractivity contribution in [3.05, 3.63) is 65.7 Å². The fourth-order valence-corrected chi connectivity index (χ4v) is 4.51. The average Bonchev–Trinajstić information content (AvgIpc) is 2.73. The van der Waals surface area contributed by atoms with Crippen LogP contribution in [0.25, 0.3) is 6.08 Å². The number of ether oxygens (including phenoxy) is 1. The first kappa shape index (κ1) is 20.1. The topological polar surface area (TPSA) is 66.9 Å². The second-order valence-corrected chi connectivity index (χ2v) is 8.53. The first-order chi connectivity index (χ1) is 13.4. The van der Waals surface area contributed by atoms with Crippen molar-refractivity contribution in [1.82, 2.24) is 9.21 Å². The molecule has 0 spiro atoms. The third kappa shape index (κ3) is 4.43. The molecule has 0 atom stereocenters. The summed E-state index contributed by atoms with van der Waals surface area (Å²) in [6, 6.07) is 14.2. The number of benzene rings is 2. The van der Waals surface area contributed by atoms with Crippen molar-refractivity contribution < 1.29 is 17.9 Å². The third-order valence-electron chi connectivity index (χ3n) is 4.84. The van der Waals surface area contributed by atoms with Crippen LogP contribution in [-0.4, -0.2) is 56.8 Å². The van der Waals surface area contributed by atoms with Gasteiger partial charge in [-0.3, -0.25) is 4.79 Å². The highest BCUT2D eigenvalue weighted by molar-refractivity contribution is 7.89. The number of amides is 1. The van der Waals surface area contributed by atoms with Gasteiger partial charge >= 0.3 is 0 Å². The predicted octanol–water partition coefficient (Wildman–Crippen LogP) is 2.55. The minimum atomic E-state index is -3.58. The van der Waals surface area contributed by atoms with Crippen molar-refractivity contribution in [1.29, 1.82) is 0 Å². The standard InChI is InChI=1S/C21H24N2O4S/c1-17-5-3-4-6-18(17)7-12-21(24)22-13-15-23(16-14-22)28(25,26)20-10-8-19(27-2)9-11-20/h3-12H,13-16H2,1-2H3/b12-7+. The van der Waals surface area contributed by atoms with E-state index in [0.717, 1.165) is 11.1 Å². The van der Waals surface area contributed by atoms with Crippen LogP contribution in [0.1, 0.15) is 11.1 Å². The van der Waals surface area contributed by atoms with Crippen molar-refractivity contribution in [2.24, 2.45) is 0 Å². The molecule has 3 rings (SSSR count). The van der Waals surface area contributed by atoms with Crippen LogP contribution in [0.2, 0.25) is 0 Å². The molecule has 0 bridgehead atoms. The first-order valence-corrected chi connectivity index (χ1v) is 10.5. The zero-order valence-corrected chi connectivity index (χ0v) is 16.9. The summed E-state index contributed by atoms with van der Waals surface area (Å²) in [6.07, 6.45) is 3.36. The second-order valence-electron chi connectivity index (χ2n) is 6.59. The van der Waals surface area contributed by atoms with Crippen LogP contribution in [0.15, 0.2) is 59.5 Å². The number of nitrogens with zero attached hydrogens (tertiary/aromatic N) is 2. The summed E-state index contributed by atoms with van der Waals surface area (Å²) >= 11 is 0. The van der Waals surface area contributed by atoms with Crippen LogP contribution >= 0.6 is 0 Å². The summed E-state index contributed by atoms with van der Waals surface area (Å²) in [4.78, 5) is 14.3. The number of carbonyl (C=O) groups is 1. The maximum atomic E-state index is 12.8. The Labute approximate surface area is 166 Å². The van der Waals surface area contributed by atoms with Crippen LogP contribution in [0.3, 0.4) is 0 Å². The molecule has 0 unspecified atom stereocenters. The van der Waals surface area contributed by atoms with Crippen molar-refractivity contribution in [2.45, 2.75) is 11.8 Å². The van der Waals surface area contributed by atoms with Crippen molar-refractivity contribution in [2.75, 3.05) is 33.3 Å². The number of sulfonamides is 1. The van der Waals surface area contributed by atoms with Crippen molar-refractivity contribution in [3.63, 3.8) is 0 Å². The van der Waals surface area contributed by atoms with E-state index in [1.165, 1.54) is 23.5 Å². The maximum Gasteiger partial charge on any atom is 0.246 e. The lowest BCUT2D eigenvalue weighted by Gasteiger charge is -2.33. The molecule has 148 valence electrons. The molecular formula is C21H24N2O4S. The monoisotopic (exact) mass is 400 g/mol. The van der Waals surface area contributed by atoms with E-state index < -0.39 is 10.0 Å². The molecule has 1 amide bonds. The lowest BCUT2D eigenvalue weighted by atomic mass is 10.1. The Bertz CT molecular complexity index is 960. The number of aryl methyl sites for hydroxylation is 1. The van der Waals surface area contributed by atoms with E-state index in [1.54, 1.807) is 29.2 Å². The summed E-state index contributed by atoms with van der Waals surface area (Å²) in [5.74, 6) is 0.500. The van der Waals surface area contributed by atoms with Gasteiger partial charge in [0.15, 0.2) is 0 Å². The van der Waals surface area contributed by atoms with Gasteiger partial charge in [0.05, 0.1) is 12.0 Å². The zero-order valence-electron chi connectivity index (χ0n) is 16.0. The van der Waals surface area contributed by atoms with Gasteiger partial charge in [0.25, 0.3) is 0 Å². The number of rotatable bonds is 5. The van der Waals surface area contributed by atoms with Crippen molar-refractivity contribution in [3.8, 4) is 5.75 Å². The van der Waals surface area contributed by atoms with E-state index in [-0.39, 0.29) is 23.9 Å². The van der Waals surface area contributed by atoms with Crippen LogP contribution in [0.5, 0.6) is 5.75 Å². The van der Waals surface area contributed by atoms with Gasteiger partial charge < -0.3 is 9.64 Å². The molecule has 2 aromatic carbocycles. The van der Waals surface area contributed by atoms with Crippen LogP contribution in [0, 0.1) is 6.92 Å². The minimum Gasteiger partial charge on any atom is -0.497 e. The summed E-state index contributed by atoms with van der Waals surface area (Å²) in [5, 5.41) is 0. The molecule has 1 heterocycles. The number of hydrogen-bond acceptors (Lipinski definition) is 4. The summed E-state index contributed by atoms with van der Waals surface area (Å²) in [7, 11) is -2.04. The fourth-order valence-electron chi connectivity index (χ4n) is 3.09. The van der Waals surface area contributed by atoms with E-state index in [1.807, 2.05) is 31.2 Å². The molecule has 0 aliphatic carbocycles. The van der Waals surface area contributed by atoms with E-state index in [0.29, 0.717) is 18.8 Å². The second kappa shape index (κ2) is 8.58. The zero-order chi connectivity index (χ0) is 20.1. The summed E-state index contributed by atoms with van der Waals surface area (Å²) in [6.45, 7) is 3.28. The largest absolute Gasteiger partial charge is 0.497 e. The molecule has 0 saturated carbocycles. The highest BCUT2D eigenvalue weighted by Gasteiger charge is 2.29. The molecule has 0 aromatic heterocycles. The smallest absolute Gasteiger partial charge is 0.246 e. The van der Waals surface area contributed by atoms with Crippen LogP contribution < -0.4 is 4.74 Å². The normalized spacial score (nSPS) is 15.7. The molecule has 28 heavy (non-hydrogen) atoms. The Kier molecular flexibility index (Phi) is 6.16. The lowest BCUT2D eigenvalue weighted by molar-refractivity contribution is -0.127. The number of carbonyl (C=O) groups excluding carboxylic acids is 1. The molecule has 0 radical (unpaired) electrons. The number of hydrogen-bond donors (Lipinski definition) is 0. The number of methoxy groups -OCH3 is 1. The van der Waals surface area contributed by atoms with Gasteiger partial charge in [0, 0.05) is 32.3 Å². The Morgan fingerprint density at radius 3 is 2.25 bits per heavy atom. The van der Waals surface area contributed by atoms with Crippen LogP contribution in [-0.2, 0) is 14.8 Å². The molecule has 7 heteroatoms. The molecule has 2 aromatic rings. The Hall–Kier alpha value is -2.64. The van der Waals surface area contributed by atoms with Crippen LogP contribution in [0.4, 0.5) is 0 Å². The molecule has 0 N–H and O–H groups in total. The molecule has 6 nitrogen and oxygen atoms in total. The van der Waals surface area contributed by atoms with Crippen molar-refractivity contribution >= 4 is 22.0 Å². The molecule has 1 fully saturated rings. The highest BCUT2D eigenvalue weighted by Crippen LogP contribution is 2.21. The lowest BCUT2D eigenvalue weighted by Crippen LogP contribution is -2.50. The highest BCUT2D eigenvalue weighted by atomic mass is 32.2. The van der Waals surface area contributed by atoms with Gasteiger partial charge in [0.2, 0.25) is 15.9 Å². The van der Waals surface area contributed by atoms with Gasteiger partial charge in [-0.2, -0.15) is 4.31 Å². The fraction of sp³-hybridized carbons (Fsp3) is 0.286. The third-order valence-corrected chi connectivity index (χ3v) is 6.75. The molecule has 1 aliphatic heterocycles. The molecule has 1 aliphatic rings. The Morgan fingerprint density at radius 1 is 1.00 bits per heavy atom. The van der Waals surface area contributed by atoms with Gasteiger partial charge in [0.1, 0.15) is 5.75 Å². The Morgan fingerprint density at radius 2 is 1.64 bits per heavy atom. The molecular weight excluding hydrogens is 376 g/mol. The first-order valence-electron chi connectivity index (χ1n) is 9.08. The average molecular weight is 401 g/mol. The predicted molar refractivity (Wildman–Crippen MR) is 109 cm³/mol. The van der Waals surface area contributed by atoms with E-state index in [2.05, 4.69) is 0 Å².